The van der Waals surface area contributed by atoms with E-state index in [0.717, 1.165) is 0 Å². The van der Waals surface area contributed by atoms with Gasteiger partial charge >= 0.3 is 5.97 Å². The Bertz CT molecular complexity index is 346. The highest BCUT2D eigenvalue weighted by Gasteiger charge is 2.15. The van der Waals surface area contributed by atoms with E-state index in [2.05, 4.69) is 0 Å². The highest BCUT2D eigenvalue weighted by Crippen LogP contribution is 2.31. The molecule has 0 aliphatic heterocycles. The van der Waals surface area contributed by atoms with Crippen LogP contribution in [0.3, 0.4) is 0 Å². The molecule has 1 aromatic rings. The first kappa shape index (κ1) is 11.4. The molecular weight excluding hydrogens is 196 g/mol. The van der Waals surface area contributed by atoms with E-state index >= 15 is 0 Å². The highest BCUT2D eigenvalue weighted by molar-refractivity contribution is 5.92. The minimum absolute atomic E-state index is 0.0720. The van der Waals surface area contributed by atoms with Crippen LogP contribution in [0.4, 0.5) is 0 Å². The second kappa shape index (κ2) is 5.24. The van der Waals surface area contributed by atoms with Crippen molar-refractivity contribution in [1.29, 1.82) is 0 Å². The number of ether oxygens (including phenoxy) is 2. The van der Waals surface area contributed by atoms with Crippen molar-refractivity contribution < 1.29 is 19.4 Å². The van der Waals surface area contributed by atoms with Gasteiger partial charge in [-0.2, -0.15) is 0 Å². The summed E-state index contributed by atoms with van der Waals surface area (Å²) in [7, 11) is 1.45. The quantitative estimate of drug-likeness (QED) is 0.802. The smallest absolute Gasteiger partial charge is 0.339 e. The van der Waals surface area contributed by atoms with E-state index in [0.29, 0.717) is 12.2 Å². The topological polar surface area (TPSA) is 55.8 Å². The molecular formula is C11H12O4. The van der Waals surface area contributed by atoms with Crippen molar-refractivity contribution in [3.8, 4) is 11.5 Å². The third-order valence-corrected chi connectivity index (χ3v) is 1.79. The van der Waals surface area contributed by atoms with Crippen LogP contribution in [0.1, 0.15) is 16.8 Å². The Balaban J connectivity index is 3.08. The number of aromatic carboxylic acids is 1. The van der Waals surface area contributed by atoms with E-state index in [-0.39, 0.29) is 17.9 Å². The molecule has 1 aromatic carbocycles. The molecule has 0 saturated heterocycles. The molecule has 0 aromatic heterocycles. The zero-order chi connectivity index (χ0) is 11.3. The van der Waals surface area contributed by atoms with Crippen LogP contribution in [-0.2, 0) is 0 Å². The predicted octanol–water partition coefficient (Wildman–Crippen LogP) is 1.87. The number of rotatable bonds is 5. The van der Waals surface area contributed by atoms with Crippen molar-refractivity contribution in [2.45, 2.75) is 6.42 Å². The van der Waals surface area contributed by atoms with Crippen molar-refractivity contribution in [1.82, 2.24) is 0 Å². The Morgan fingerprint density at radius 2 is 2.27 bits per heavy atom. The molecule has 1 N–H and O–H groups in total. The number of carboxylic acids is 1. The molecule has 0 fully saturated rings. The summed E-state index contributed by atoms with van der Waals surface area (Å²) >= 11 is 0. The molecule has 80 valence electrons. The number of carboxylic acid groups (broad SMARTS) is 1. The van der Waals surface area contributed by atoms with Crippen LogP contribution in [0, 0.1) is 6.92 Å². The van der Waals surface area contributed by atoms with Crippen molar-refractivity contribution >= 4 is 5.97 Å². The van der Waals surface area contributed by atoms with Crippen LogP contribution in [0.5, 0.6) is 11.5 Å². The van der Waals surface area contributed by atoms with Gasteiger partial charge in [0.1, 0.15) is 5.56 Å². The van der Waals surface area contributed by atoms with Gasteiger partial charge in [-0.05, 0) is 25.5 Å². The second-order valence-corrected chi connectivity index (χ2v) is 2.78. The lowest BCUT2D eigenvalue weighted by molar-refractivity contribution is 0.0691. The molecule has 0 heterocycles. The average Bonchev–Trinajstić information content (AvgIpc) is 2.25. The van der Waals surface area contributed by atoms with Gasteiger partial charge in [0.15, 0.2) is 11.5 Å². The van der Waals surface area contributed by atoms with Crippen molar-refractivity contribution in [3.05, 3.63) is 30.7 Å². The van der Waals surface area contributed by atoms with Gasteiger partial charge in [-0.3, -0.25) is 0 Å². The zero-order valence-corrected chi connectivity index (χ0v) is 8.40. The highest BCUT2D eigenvalue weighted by atomic mass is 16.5. The minimum Gasteiger partial charge on any atom is -0.493 e. The standard InChI is InChI=1S/C11H12O4/c1-3-7-15-10-8(11(12)13)5-4-6-9(10)14-2/h1,4-6H,3,7H2,2H3,(H,12,13). The summed E-state index contributed by atoms with van der Waals surface area (Å²) < 4.78 is 10.2. The van der Waals surface area contributed by atoms with E-state index in [1.807, 2.05) is 0 Å². The fourth-order valence-corrected chi connectivity index (χ4v) is 1.15. The summed E-state index contributed by atoms with van der Waals surface area (Å²) in [6, 6.07) is 4.69. The van der Waals surface area contributed by atoms with Crippen LogP contribution >= 0.6 is 0 Å². The summed E-state index contributed by atoms with van der Waals surface area (Å²) in [6.07, 6.45) is 0.317. The van der Waals surface area contributed by atoms with Crippen LogP contribution in [0.2, 0.25) is 0 Å². The van der Waals surface area contributed by atoms with E-state index in [1.165, 1.54) is 13.2 Å². The summed E-state index contributed by atoms with van der Waals surface area (Å²) in [4.78, 5) is 10.9. The van der Waals surface area contributed by atoms with Gasteiger partial charge in [-0.1, -0.05) is 6.07 Å². The second-order valence-electron chi connectivity index (χ2n) is 2.78. The molecule has 1 rings (SSSR count). The Hall–Kier alpha value is -1.71. The Morgan fingerprint density at radius 3 is 2.80 bits per heavy atom. The van der Waals surface area contributed by atoms with Gasteiger partial charge in [0, 0.05) is 0 Å². The Labute approximate surface area is 88.4 Å². The fourth-order valence-electron chi connectivity index (χ4n) is 1.15. The monoisotopic (exact) mass is 208 g/mol. The van der Waals surface area contributed by atoms with Crippen LogP contribution in [0.15, 0.2) is 18.2 Å². The third kappa shape index (κ3) is 2.62. The predicted molar refractivity (Wildman–Crippen MR) is 54.4 cm³/mol. The third-order valence-electron chi connectivity index (χ3n) is 1.79. The number of para-hydroxylation sites is 1. The number of hydrogen-bond donors (Lipinski definition) is 1. The minimum atomic E-state index is -1.05. The lowest BCUT2D eigenvalue weighted by Gasteiger charge is -2.11. The lowest BCUT2D eigenvalue weighted by atomic mass is 10.2. The molecule has 0 aliphatic carbocycles. The molecule has 2 radical (unpaired) electrons. The normalized spacial score (nSPS) is 9.73. The van der Waals surface area contributed by atoms with Crippen molar-refractivity contribution in [2.24, 2.45) is 0 Å². The largest absolute Gasteiger partial charge is 0.493 e. The molecule has 0 spiro atoms. The molecule has 15 heavy (non-hydrogen) atoms. The maximum atomic E-state index is 10.9. The molecule has 4 nitrogen and oxygen atoms in total. The summed E-state index contributed by atoms with van der Waals surface area (Å²) in [5.41, 5.74) is 0.0720. The van der Waals surface area contributed by atoms with Crippen molar-refractivity contribution in [3.63, 3.8) is 0 Å². The maximum Gasteiger partial charge on any atom is 0.339 e. The molecule has 0 saturated carbocycles. The van der Waals surface area contributed by atoms with Gasteiger partial charge in [0.2, 0.25) is 0 Å². The maximum absolute atomic E-state index is 10.9. The SMILES string of the molecule is [CH]CCOc1c(OC)cccc1C(=O)O. The molecule has 0 amide bonds. The Kier molecular flexibility index (Phi) is 3.97. The lowest BCUT2D eigenvalue weighted by Crippen LogP contribution is -2.05. The average molecular weight is 208 g/mol. The number of hydrogen-bond acceptors (Lipinski definition) is 3. The van der Waals surface area contributed by atoms with Crippen molar-refractivity contribution in [2.75, 3.05) is 13.7 Å². The summed E-state index contributed by atoms with van der Waals surface area (Å²) in [5.74, 6) is -0.442. The van der Waals surface area contributed by atoms with Gasteiger partial charge in [0.25, 0.3) is 0 Å². The first-order valence-corrected chi connectivity index (χ1v) is 4.44. The molecule has 0 aliphatic rings. The molecule has 4 heteroatoms. The van der Waals surface area contributed by atoms with Gasteiger partial charge < -0.3 is 14.6 Å². The van der Waals surface area contributed by atoms with Gasteiger partial charge in [-0.15, -0.1) is 0 Å². The van der Waals surface area contributed by atoms with E-state index in [9.17, 15) is 4.79 Å². The molecule has 0 unspecified atom stereocenters. The summed E-state index contributed by atoms with van der Waals surface area (Å²) in [6.45, 7) is 5.53. The van der Waals surface area contributed by atoms with Gasteiger partial charge in [-0.25, -0.2) is 4.79 Å². The number of carbonyl (C=O) groups is 1. The number of benzene rings is 1. The van der Waals surface area contributed by atoms with Gasteiger partial charge in [0.05, 0.1) is 13.7 Å². The molecule has 0 bridgehead atoms. The van der Waals surface area contributed by atoms with Crippen LogP contribution < -0.4 is 9.47 Å². The zero-order valence-electron chi connectivity index (χ0n) is 8.40. The van der Waals surface area contributed by atoms with E-state index in [4.69, 9.17) is 21.5 Å². The Morgan fingerprint density at radius 1 is 1.53 bits per heavy atom. The van der Waals surface area contributed by atoms with Crippen LogP contribution in [0.25, 0.3) is 0 Å². The van der Waals surface area contributed by atoms with Crippen LogP contribution in [-0.4, -0.2) is 24.8 Å². The number of methoxy groups -OCH3 is 1. The first-order chi connectivity index (χ1) is 7.20. The van der Waals surface area contributed by atoms with E-state index < -0.39 is 5.97 Å². The molecule has 0 atom stereocenters. The summed E-state index contributed by atoms with van der Waals surface area (Å²) in [5, 5.41) is 8.92. The first-order valence-electron chi connectivity index (χ1n) is 4.44. The fraction of sp³-hybridized carbons (Fsp3) is 0.273. The van der Waals surface area contributed by atoms with E-state index in [1.54, 1.807) is 12.1 Å².